The van der Waals surface area contributed by atoms with E-state index >= 15 is 0 Å². The van der Waals surface area contributed by atoms with Crippen LogP contribution in [0, 0.1) is 18.3 Å². The predicted octanol–water partition coefficient (Wildman–Crippen LogP) is 5.60. The fourth-order valence-electron chi connectivity index (χ4n) is 2.08. The van der Waals surface area contributed by atoms with Crippen LogP contribution in [-0.2, 0) is 9.05 Å². The van der Waals surface area contributed by atoms with Gasteiger partial charge in [0.15, 0.2) is 0 Å². The molecule has 5 nitrogen and oxygen atoms in total. The topological polar surface area (TPSA) is 63.8 Å². The normalized spacial score (nSPS) is 10.9. The van der Waals surface area contributed by atoms with Gasteiger partial charge in [0.05, 0.1) is 30.5 Å². The zero-order chi connectivity index (χ0) is 17.4. The Morgan fingerprint density at radius 2 is 1.71 bits per heavy atom. The van der Waals surface area contributed by atoms with Gasteiger partial charge in [0.2, 0.25) is 0 Å². The zero-order valence-corrected chi connectivity index (χ0v) is 15.0. The van der Waals surface area contributed by atoms with E-state index in [1.54, 1.807) is 18.2 Å². The lowest BCUT2D eigenvalue weighted by atomic mass is 10.1. The number of benzene rings is 2. The lowest BCUT2D eigenvalue weighted by Gasteiger charge is -2.24. The Hall–Kier alpha value is -2.12. The molecule has 0 aliphatic rings. The fourth-order valence-corrected chi connectivity index (χ4v) is 3.93. The van der Waals surface area contributed by atoms with Gasteiger partial charge in [-0.25, -0.2) is 0 Å². The van der Waals surface area contributed by atoms with Gasteiger partial charge in [0, 0.05) is 0 Å². The molecule has 0 spiro atoms. The average Bonchev–Trinajstić information content (AvgIpc) is 2.58. The molecule has 0 amide bonds. The van der Waals surface area contributed by atoms with Gasteiger partial charge >= 0.3 is 7.74 Å². The second-order valence-corrected chi connectivity index (χ2v) is 6.76. The van der Waals surface area contributed by atoms with Gasteiger partial charge in [-0.1, -0.05) is 18.2 Å². The van der Waals surface area contributed by atoms with Crippen molar-refractivity contribution in [3.8, 4) is 11.8 Å². The SMILES string of the molecule is CCOP(=Nc1ccccc1)(OCC)Oc1ccc(C#N)cc1C. The molecule has 126 valence electrons. The van der Waals surface area contributed by atoms with E-state index in [9.17, 15) is 0 Å². The standard InChI is InChI=1S/C18H21N2O3P/c1-4-21-24(22-5-2,20-17-9-7-6-8-10-17)23-18-12-11-16(14-19)13-15(18)3/h6-13H,4-5H2,1-3H3. The Bertz CT molecular complexity index is 760. The van der Waals surface area contributed by atoms with Gasteiger partial charge in [0.1, 0.15) is 5.75 Å². The second kappa shape index (κ2) is 8.65. The van der Waals surface area contributed by atoms with E-state index in [2.05, 4.69) is 10.8 Å². The monoisotopic (exact) mass is 344 g/mol. The molecule has 2 rings (SSSR count). The smallest absolute Gasteiger partial charge is 0.415 e. The highest BCUT2D eigenvalue weighted by molar-refractivity contribution is 7.51. The molecule has 0 unspecified atom stereocenters. The highest BCUT2D eigenvalue weighted by Gasteiger charge is 2.26. The fraction of sp³-hybridized carbons (Fsp3) is 0.278. The van der Waals surface area contributed by atoms with E-state index in [1.165, 1.54) is 0 Å². The molecule has 0 saturated carbocycles. The third-order valence-electron chi connectivity index (χ3n) is 3.10. The van der Waals surface area contributed by atoms with E-state index < -0.39 is 7.74 Å². The molecule has 2 aromatic rings. The summed E-state index contributed by atoms with van der Waals surface area (Å²) in [7, 11) is -2.95. The maximum atomic E-state index is 9.00. The first kappa shape index (κ1) is 18.2. The van der Waals surface area contributed by atoms with Crippen LogP contribution in [-0.4, -0.2) is 13.2 Å². The highest BCUT2D eigenvalue weighted by atomic mass is 31.2. The maximum absolute atomic E-state index is 9.00. The van der Waals surface area contributed by atoms with Crippen molar-refractivity contribution in [3.05, 3.63) is 59.7 Å². The van der Waals surface area contributed by atoms with Gasteiger partial charge in [-0.15, -0.1) is 0 Å². The minimum atomic E-state index is -2.95. The Labute approximate surface area is 143 Å². The Kier molecular flexibility index (Phi) is 6.57. The molecule has 0 atom stereocenters. The van der Waals surface area contributed by atoms with Crippen LogP contribution in [0.15, 0.2) is 53.3 Å². The minimum absolute atomic E-state index is 0.416. The summed E-state index contributed by atoms with van der Waals surface area (Å²) in [5, 5.41) is 9.00. The molecule has 0 aliphatic heterocycles. The van der Waals surface area contributed by atoms with Crippen LogP contribution < -0.4 is 4.52 Å². The van der Waals surface area contributed by atoms with Crippen molar-refractivity contribution in [1.82, 2.24) is 0 Å². The zero-order valence-electron chi connectivity index (χ0n) is 14.1. The second-order valence-electron chi connectivity index (χ2n) is 4.92. The molecule has 0 aromatic heterocycles. The summed E-state index contributed by atoms with van der Waals surface area (Å²) in [6.45, 7) is 6.47. The average molecular weight is 344 g/mol. The van der Waals surface area contributed by atoms with Crippen LogP contribution in [0.4, 0.5) is 5.69 Å². The molecule has 0 N–H and O–H groups in total. The largest absolute Gasteiger partial charge is 0.418 e. The quantitative estimate of drug-likeness (QED) is 0.614. The molecule has 0 heterocycles. The molecule has 0 radical (unpaired) electrons. The van der Waals surface area contributed by atoms with E-state index in [4.69, 9.17) is 18.8 Å². The van der Waals surface area contributed by atoms with Crippen LogP contribution in [0.2, 0.25) is 0 Å². The summed E-state index contributed by atoms with van der Waals surface area (Å²) < 4.78 is 22.4. The van der Waals surface area contributed by atoms with Crippen molar-refractivity contribution >= 4 is 13.4 Å². The molecule has 24 heavy (non-hydrogen) atoms. The summed E-state index contributed by atoms with van der Waals surface area (Å²) in [4.78, 5) is 0. The number of rotatable bonds is 7. The number of hydrogen-bond acceptors (Lipinski definition) is 5. The maximum Gasteiger partial charge on any atom is 0.415 e. The summed E-state index contributed by atoms with van der Waals surface area (Å²) in [5.74, 6) is 0.601. The van der Waals surface area contributed by atoms with Crippen molar-refractivity contribution in [3.63, 3.8) is 0 Å². The van der Waals surface area contributed by atoms with Crippen molar-refractivity contribution < 1.29 is 13.6 Å². The Balaban J connectivity index is 2.46. The number of aryl methyl sites for hydroxylation is 1. The van der Waals surface area contributed by atoms with Crippen LogP contribution in [0.1, 0.15) is 25.0 Å². The Morgan fingerprint density at radius 1 is 1.04 bits per heavy atom. The van der Waals surface area contributed by atoms with Crippen LogP contribution in [0.3, 0.4) is 0 Å². The first-order valence-electron chi connectivity index (χ1n) is 7.79. The van der Waals surface area contributed by atoms with Gasteiger partial charge in [-0.3, -0.25) is 9.05 Å². The third kappa shape index (κ3) is 4.69. The van der Waals surface area contributed by atoms with E-state index in [0.29, 0.717) is 24.5 Å². The van der Waals surface area contributed by atoms with Crippen LogP contribution >= 0.6 is 7.74 Å². The van der Waals surface area contributed by atoms with Gasteiger partial charge in [-0.05, 0) is 56.7 Å². The number of hydrogen-bond donors (Lipinski definition) is 0. The Morgan fingerprint density at radius 3 is 2.25 bits per heavy atom. The molecule has 0 bridgehead atoms. The van der Waals surface area contributed by atoms with Crippen molar-refractivity contribution in [1.29, 1.82) is 5.26 Å². The molecular weight excluding hydrogens is 323 g/mol. The van der Waals surface area contributed by atoms with Crippen LogP contribution in [0.25, 0.3) is 0 Å². The first-order valence-corrected chi connectivity index (χ1v) is 9.28. The molecule has 6 heteroatoms. The minimum Gasteiger partial charge on any atom is -0.418 e. The molecule has 0 fully saturated rings. The van der Waals surface area contributed by atoms with Gasteiger partial charge in [-0.2, -0.15) is 10.0 Å². The molecule has 0 saturated heterocycles. The first-order chi connectivity index (χ1) is 11.6. The van der Waals surface area contributed by atoms with Gasteiger partial charge in [0.25, 0.3) is 0 Å². The molecular formula is C18H21N2O3P. The summed E-state index contributed by atoms with van der Waals surface area (Å²) in [6.07, 6.45) is 0. The van der Waals surface area contributed by atoms with E-state index in [0.717, 1.165) is 11.3 Å². The van der Waals surface area contributed by atoms with E-state index in [-0.39, 0.29) is 0 Å². The lowest BCUT2D eigenvalue weighted by molar-refractivity contribution is 0.208. The van der Waals surface area contributed by atoms with E-state index in [1.807, 2.05) is 51.1 Å². The number of nitriles is 1. The predicted molar refractivity (Wildman–Crippen MR) is 95.2 cm³/mol. The lowest BCUT2D eigenvalue weighted by Crippen LogP contribution is -2.04. The molecule has 2 aromatic carbocycles. The van der Waals surface area contributed by atoms with Gasteiger partial charge < -0.3 is 4.52 Å². The van der Waals surface area contributed by atoms with Crippen molar-refractivity contribution in [2.75, 3.05) is 13.2 Å². The van der Waals surface area contributed by atoms with Crippen molar-refractivity contribution in [2.24, 2.45) is 4.74 Å². The summed E-state index contributed by atoms with van der Waals surface area (Å²) in [6, 6.07) is 16.8. The summed E-state index contributed by atoms with van der Waals surface area (Å²) in [5.41, 5.74) is 2.15. The highest BCUT2D eigenvalue weighted by Crippen LogP contribution is 2.55. The molecule has 0 aliphatic carbocycles. The van der Waals surface area contributed by atoms with Crippen LogP contribution in [0.5, 0.6) is 5.75 Å². The third-order valence-corrected chi connectivity index (χ3v) is 5.17. The number of nitrogens with zero attached hydrogens (tertiary/aromatic N) is 2. The van der Waals surface area contributed by atoms with Crippen molar-refractivity contribution in [2.45, 2.75) is 20.8 Å². The summed E-state index contributed by atoms with van der Waals surface area (Å²) >= 11 is 0.